The molecule has 0 unspecified atom stereocenters. The van der Waals surface area contributed by atoms with Gasteiger partial charge in [0.25, 0.3) is 11.5 Å². The zero-order valence-corrected chi connectivity index (χ0v) is 20.7. The molecule has 2 aliphatic carbocycles. The van der Waals surface area contributed by atoms with Crippen molar-refractivity contribution < 1.29 is 9.53 Å². The number of aromatic amines is 1. The second kappa shape index (κ2) is 7.99. The largest absolute Gasteiger partial charge is 0.381 e. The molecule has 5 heterocycles. The molecule has 8 rings (SSSR count). The maximum absolute atomic E-state index is 14.0. The Kier molecular flexibility index (Phi) is 4.65. The molecular formula is C29H29N5O3. The first kappa shape index (κ1) is 21.6. The third-order valence-corrected chi connectivity index (χ3v) is 8.63. The molecule has 37 heavy (non-hydrogen) atoms. The first-order chi connectivity index (χ1) is 18.2. The van der Waals surface area contributed by atoms with Crippen molar-refractivity contribution in [1.29, 1.82) is 0 Å². The molecule has 1 saturated heterocycles. The van der Waals surface area contributed by atoms with Crippen molar-refractivity contribution >= 4 is 28.3 Å². The van der Waals surface area contributed by atoms with Gasteiger partial charge in [0.2, 0.25) is 0 Å². The molecule has 0 radical (unpaired) electrons. The van der Waals surface area contributed by atoms with E-state index in [2.05, 4.69) is 17.1 Å². The van der Waals surface area contributed by atoms with E-state index in [0.717, 1.165) is 54.8 Å². The fraction of sp³-hybridized carbons (Fsp3) is 0.448. The SMILES string of the molecule is O=C(c1cc2[nH]c(=O)c3cnc(C4CCOCC4)n3c2cc1C1CC1)N1CCc2cc(C3CC3)cnc21. The molecule has 8 nitrogen and oxygen atoms in total. The Bertz CT molecular complexity index is 1640. The van der Waals surface area contributed by atoms with Crippen LogP contribution in [0, 0.1) is 0 Å². The van der Waals surface area contributed by atoms with E-state index >= 15 is 0 Å². The molecule has 0 bridgehead atoms. The zero-order chi connectivity index (χ0) is 24.7. The third-order valence-electron chi connectivity index (χ3n) is 8.63. The van der Waals surface area contributed by atoms with Gasteiger partial charge in [0.15, 0.2) is 0 Å². The minimum atomic E-state index is -0.184. The van der Waals surface area contributed by atoms with Crippen LogP contribution >= 0.6 is 0 Å². The predicted molar refractivity (Wildman–Crippen MR) is 140 cm³/mol. The van der Waals surface area contributed by atoms with Gasteiger partial charge in [-0.15, -0.1) is 0 Å². The summed E-state index contributed by atoms with van der Waals surface area (Å²) >= 11 is 0. The van der Waals surface area contributed by atoms with Crippen molar-refractivity contribution in [3.05, 3.63) is 69.0 Å². The number of aromatic nitrogens is 4. The van der Waals surface area contributed by atoms with Crippen molar-refractivity contribution in [1.82, 2.24) is 19.4 Å². The van der Waals surface area contributed by atoms with Crippen LogP contribution in [0.1, 0.15) is 89.2 Å². The number of benzene rings is 1. The molecule has 0 spiro atoms. The summed E-state index contributed by atoms with van der Waals surface area (Å²) in [7, 11) is 0. The van der Waals surface area contributed by atoms with Gasteiger partial charge in [-0.1, -0.05) is 6.07 Å². The van der Waals surface area contributed by atoms with E-state index in [0.29, 0.717) is 48.2 Å². The Hall–Kier alpha value is -3.52. The van der Waals surface area contributed by atoms with Crippen LogP contribution in [0.15, 0.2) is 35.4 Å². The van der Waals surface area contributed by atoms with Crippen LogP contribution in [0.3, 0.4) is 0 Å². The number of carbonyl (C=O) groups excluding carboxylic acids is 1. The van der Waals surface area contributed by atoms with Gasteiger partial charge in [0.05, 0.1) is 17.2 Å². The number of H-pyrrole nitrogens is 1. The Labute approximate surface area is 213 Å². The van der Waals surface area contributed by atoms with Gasteiger partial charge < -0.3 is 9.72 Å². The second-order valence-corrected chi connectivity index (χ2v) is 11.1. The zero-order valence-electron chi connectivity index (χ0n) is 20.7. The molecule has 1 aromatic carbocycles. The number of nitrogens with one attached hydrogen (secondary N) is 1. The minimum Gasteiger partial charge on any atom is -0.381 e. The summed E-state index contributed by atoms with van der Waals surface area (Å²) in [5, 5.41) is 0. The van der Waals surface area contributed by atoms with Crippen molar-refractivity contribution in [2.24, 2.45) is 0 Å². The highest BCUT2D eigenvalue weighted by Gasteiger charge is 2.35. The predicted octanol–water partition coefficient (Wildman–Crippen LogP) is 4.42. The van der Waals surface area contributed by atoms with Gasteiger partial charge in [0, 0.05) is 37.4 Å². The number of hydrogen-bond donors (Lipinski definition) is 1. The molecule has 3 aromatic heterocycles. The number of fused-ring (bicyclic) bond motifs is 4. The van der Waals surface area contributed by atoms with E-state index in [-0.39, 0.29) is 17.4 Å². The van der Waals surface area contributed by atoms with E-state index in [1.54, 1.807) is 6.20 Å². The first-order valence-corrected chi connectivity index (χ1v) is 13.6. The smallest absolute Gasteiger partial charge is 0.274 e. The van der Waals surface area contributed by atoms with E-state index in [1.807, 2.05) is 21.6 Å². The quantitative estimate of drug-likeness (QED) is 0.452. The lowest BCUT2D eigenvalue weighted by atomic mass is 9.98. The van der Waals surface area contributed by atoms with Gasteiger partial charge in [-0.3, -0.25) is 18.9 Å². The maximum atomic E-state index is 14.0. The Morgan fingerprint density at radius 3 is 2.51 bits per heavy atom. The molecule has 188 valence electrons. The summed E-state index contributed by atoms with van der Waals surface area (Å²) in [6.45, 7) is 2.06. The van der Waals surface area contributed by atoms with E-state index in [4.69, 9.17) is 14.7 Å². The summed E-state index contributed by atoms with van der Waals surface area (Å²) in [4.78, 5) is 41.4. The molecule has 2 saturated carbocycles. The summed E-state index contributed by atoms with van der Waals surface area (Å²) in [6.07, 6.45) is 10.9. The van der Waals surface area contributed by atoms with Crippen LogP contribution < -0.4 is 10.5 Å². The molecule has 8 heteroatoms. The van der Waals surface area contributed by atoms with Crippen LogP contribution in [-0.4, -0.2) is 45.0 Å². The topological polar surface area (TPSA) is 92.6 Å². The van der Waals surface area contributed by atoms with Gasteiger partial charge >= 0.3 is 0 Å². The van der Waals surface area contributed by atoms with E-state index in [1.165, 1.54) is 24.0 Å². The second-order valence-electron chi connectivity index (χ2n) is 11.1. The normalized spacial score (nSPS) is 20.2. The minimum absolute atomic E-state index is 0.0227. The number of imidazole rings is 1. The number of rotatable bonds is 4. The first-order valence-electron chi connectivity index (χ1n) is 13.6. The number of nitrogens with zero attached hydrogens (tertiary/aromatic N) is 4. The molecule has 4 aliphatic rings. The van der Waals surface area contributed by atoms with Gasteiger partial charge in [-0.2, -0.15) is 0 Å². The van der Waals surface area contributed by atoms with Crippen molar-refractivity contribution in [2.75, 3.05) is 24.7 Å². The van der Waals surface area contributed by atoms with E-state index < -0.39 is 0 Å². The maximum Gasteiger partial charge on any atom is 0.274 e. The number of hydrogen-bond acceptors (Lipinski definition) is 5. The van der Waals surface area contributed by atoms with Crippen LogP contribution in [0.2, 0.25) is 0 Å². The van der Waals surface area contributed by atoms with Gasteiger partial charge in [-0.25, -0.2) is 9.97 Å². The Morgan fingerprint density at radius 2 is 1.73 bits per heavy atom. The van der Waals surface area contributed by atoms with Crippen molar-refractivity contribution in [2.45, 2.75) is 62.7 Å². The molecule has 0 atom stereocenters. The number of ether oxygens (including phenoxy) is 1. The average molecular weight is 496 g/mol. The van der Waals surface area contributed by atoms with Crippen molar-refractivity contribution in [3.63, 3.8) is 0 Å². The molecule has 4 aromatic rings. The Morgan fingerprint density at radius 1 is 0.919 bits per heavy atom. The summed E-state index contributed by atoms with van der Waals surface area (Å²) < 4.78 is 7.59. The van der Waals surface area contributed by atoms with Crippen LogP contribution in [0.4, 0.5) is 5.82 Å². The van der Waals surface area contributed by atoms with Gasteiger partial charge in [0.1, 0.15) is 17.2 Å². The Balaban J connectivity index is 1.26. The van der Waals surface area contributed by atoms with Gasteiger partial charge in [-0.05, 0) is 85.6 Å². The molecule has 1 N–H and O–H groups in total. The lowest BCUT2D eigenvalue weighted by molar-refractivity contribution is 0.0835. The third kappa shape index (κ3) is 3.45. The monoisotopic (exact) mass is 495 g/mol. The lowest BCUT2D eigenvalue weighted by Gasteiger charge is -2.22. The molecular weight excluding hydrogens is 466 g/mol. The standard InChI is InChI=1S/C29H29N5O3/c35-28-25-15-31-27(18-6-9-37-10-7-18)34(25)24-13-21(17-3-4-17)22(12-23(24)32-28)29(36)33-8-5-19-11-20(16-1-2-16)14-30-26(19)33/h11-18H,1-10H2,(H,32,35). The summed E-state index contributed by atoms with van der Waals surface area (Å²) in [5.74, 6) is 2.95. The molecule has 2 aliphatic heterocycles. The summed E-state index contributed by atoms with van der Waals surface area (Å²) in [5.41, 5.74) is 6.18. The number of anilines is 1. The van der Waals surface area contributed by atoms with Crippen LogP contribution in [0.25, 0.3) is 16.6 Å². The lowest BCUT2D eigenvalue weighted by Crippen LogP contribution is -2.30. The highest BCUT2D eigenvalue weighted by atomic mass is 16.5. The summed E-state index contributed by atoms with van der Waals surface area (Å²) in [6, 6.07) is 6.28. The van der Waals surface area contributed by atoms with Crippen LogP contribution in [0.5, 0.6) is 0 Å². The number of carbonyl (C=O) groups is 1. The molecule has 1 amide bonds. The average Bonchev–Trinajstić information content (AvgIpc) is 3.86. The van der Waals surface area contributed by atoms with Crippen LogP contribution in [-0.2, 0) is 11.2 Å². The highest BCUT2D eigenvalue weighted by molar-refractivity contribution is 6.09. The fourth-order valence-electron chi connectivity index (χ4n) is 6.29. The fourth-order valence-corrected chi connectivity index (χ4v) is 6.29. The van der Waals surface area contributed by atoms with Crippen molar-refractivity contribution in [3.8, 4) is 0 Å². The van der Waals surface area contributed by atoms with E-state index in [9.17, 15) is 9.59 Å². The number of amides is 1. The molecule has 3 fully saturated rings. The number of pyridine rings is 1. The highest BCUT2D eigenvalue weighted by Crippen LogP contribution is 2.45.